The van der Waals surface area contributed by atoms with Crippen LogP contribution in [0.4, 0.5) is 0 Å². The van der Waals surface area contributed by atoms with Gasteiger partial charge in [-0.25, -0.2) is 4.68 Å². The van der Waals surface area contributed by atoms with Crippen LogP contribution >= 0.6 is 0 Å². The molecule has 0 radical (unpaired) electrons. The van der Waals surface area contributed by atoms with E-state index in [1.54, 1.807) is 0 Å². The smallest absolute Gasteiger partial charge is 0.0999 e. The zero-order valence-electron chi connectivity index (χ0n) is 10.4. The van der Waals surface area contributed by atoms with Gasteiger partial charge in [-0.1, -0.05) is 26.0 Å². The van der Waals surface area contributed by atoms with E-state index < -0.39 is 0 Å². The SMILES string of the molecule is CCCn1nnc(CC#N)c1CCC(C)C. The minimum Gasteiger partial charge on any atom is -0.249 e. The van der Waals surface area contributed by atoms with Crippen molar-refractivity contribution in [3.63, 3.8) is 0 Å². The highest BCUT2D eigenvalue weighted by Gasteiger charge is 2.12. The van der Waals surface area contributed by atoms with Gasteiger partial charge in [-0.3, -0.25) is 0 Å². The lowest BCUT2D eigenvalue weighted by atomic mass is 10.0. The van der Waals surface area contributed by atoms with Gasteiger partial charge in [-0.15, -0.1) is 5.10 Å². The van der Waals surface area contributed by atoms with Crippen LogP contribution in [0.25, 0.3) is 0 Å². The van der Waals surface area contributed by atoms with E-state index in [9.17, 15) is 0 Å². The summed E-state index contributed by atoms with van der Waals surface area (Å²) in [6.45, 7) is 7.43. The fourth-order valence-corrected chi connectivity index (χ4v) is 1.67. The summed E-state index contributed by atoms with van der Waals surface area (Å²) in [5.41, 5.74) is 2.01. The van der Waals surface area contributed by atoms with Gasteiger partial charge in [0.1, 0.15) is 0 Å². The van der Waals surface area contributed by atoms with Crippen molar-refractivity contribution in [2.24, 2.45) is 5.92 Å². The first-order valence-corrected chi connectivity index (χ1v) is 5.97. The van der Waals surface area contributed by atoms with E-state index in [-0.39, 0.29) is 0 Å². The molecule has 4 nitrogen and oxygen atoms in total. The first-order valence-electron chi connectivity index (χ1n) is 5.97. The van der Waals surface area contributed by atoms with Crippen LogP contribution in [-0.2, 0) is 19.4 Å². The number of hydrogen-bond donors (Lipinski definition) is 0. The molecule has 0 bridgehead atoms. The number of aromatic nitrogens is 3. The highest BCUT2D eigenvalue weighted by molar-refractivity contribution is 5.14. The van der Waals surface area contributed by atoms with E-state index in [2.05, 4.69) is 37.2 Å². The molecule has 0 aliphatic heterocycles. The molecule has 0 saturated carbocycles. The van der Waals surface area contributed by atoms with Crippen LogP contribution in [0, 0.1) is 17.2 Å². The van der Waals surface area contributed by atoms with Crippen LogP contribution < -0.4 is 0 Å². The Morgan fingerprint density at radius 2 is 2.19 bits per heavy atom. The van der Waals surface area contributed by atoms with Gasteiger partial charge in [-0.05, 0) is 25.2 Å². The molecule has 0 fully saturated rings. The van der Waals surface area contributed by atoms with Crippen molar-refractivity contribution >= 4 is 0 Å². The molecule has 16 heavy (non-hydrogen) atoms. The lowest BCUT2D eigenvalue weighted by Crippen LogP contribution is -2.07. The number of aryl methyl sites for hydroxylation is 1. The Kier molecular flexibility index (Phi) is 4.97. The first-order chi connectivity index (χ1) is 7.69. The molecule has 0 saturated heterocycles. The number of hydrogen-bond acceptors (Lipinski definition) is 3. The van der Waals surface area contributed by atoms with Crippen LogP contribution in [0.2, 0.25) is 0 Å². The number of nitriles is 1. The molecule has 0 aliphatic carbocycles. The zero-order chi connectivity index (χ0) is 12.0. The molecule has 0 spiro atoms. The largest absolute Gasteiger partial charge is 0.249 e. The van der Waals surface area contributed by atoms with Crippen molar-refractivity contribution in [2.45, 2.75) is 53.0 Å². The summed E-state index contributed by atoms with van der Waals surface area (Å²) < 4.78 is 1.95. The van der Waals surface area contributed by atoms with Gasteiger partial charge in [0, 0.05) is 6.54 Å². The van der Waals surface area contributed by atoms with E-state index in [1.807, 2.05) is 4.68 Å². The molecule has 0 aliphatic rings. The predicted molar refractivity (Wildman–Crippen MR) is 62.8 cm³/mol. The average Bonchev–Trinajstić information content (AvgIpc) is 2.59. The van der Waals surface area contributed by atoms with E-state index in [0.717, 1.165) is 37.2 Å². The first kappa shape index (κ1) is 12.7. The van der Waals surface area contributed by atoms with Crippen LogP contribution in [-0.4, -0.2) is 15.0 Å². The van der Waals surface area contributed by atoms with Gasteiger partial charge in [0.15, 0.2) is 0 Å². The fraction of sp³-hybridized carbons (Fsp3) is 0.750. The molecule has 0 unspecified atom stereocenters. The molecule has 4 heteroatoms. The van der Waals surface area contributed by atoms with E-state index in [0.29, 0.717) is 12.3 Å². The molecular formula is C12H20N4. The topological polar surface area (TPSA) is 54.5 Å². The van der Waals surface area contributed by atoms with E-state index in [1.165, 1.54) is 0 Å². The van der Waals surface area contributed by atoms with Crippen molar-refractivity contribution in [1.29, 1.82) is 5.26 Å². The Balaban J connectivity index is 2.81. The Labute approximate surface area is 97.3 Å². The average molecular weight is 220 g/mol. The number of nitrogens with zero attached hydrogens (tertiary/aromatic N) is 4. The molecule has 0 N–H and O–H groups in total. The molecule has 0 amide bonds. The molecule has 1 heterocycles. The van der Waals surface area contributed by atoms with Gasteiger partial charge in [-0.2, -0.15) is 5.26 Å². The van der Waals surface area contributed by atoms with Crippen molar-refractivity contribution in [3.05, 3.63) is 11.4 Å². The third-order valence-electron chi connectivity index (χ3n) is 2.56. The second-order valence-electron chi connectivity index (χ2n) is 4.47. The van der Waals surface area contributed by atoms with Crippen LogP contribution in [0.3, 0.4) is 0 Å². The standard InChI is InChI=1S/C12H20N4/c1-4-9-16-12(6-5-10(2)3)11(7-8-13)14-15-16/h10H,4-7,9H2,1-3H3. The van der Waals surface area contributed by atoms with Crippen molar-refractivity contribution in [1.82, 2.24) is 15.0 Å². The molecule has 0 aromatic carbocycles. The minimum absolute atomic E-state index is 0.372. The summed E-state index contributed by atoms with van der Waals surface area (Å²) >= 11 is 0. The molecule has 1 rings (SSSR count). The van der Waals surface area contributed by atoms with Gasteiger partial charge < -0.3 is 0 Å². The normalized spacial score (nSPS) is 10.7. The highest BCUT2D eigenvalue weighted by Crippen LogP contribution is 2.13. The minimum atomic E-state index is 0.372. The molecule has 1 aromatic rings. The van der Waals surface area contributed by atoms with Crippen LogP contribution in [0.15, 0.2) is 0 Å². The Hall–Kier alpha value is -1.37. The maximum absolute atomic E-state index is 8.73. The zero-order valence-corrected chi connectivity index (χ0v) is 10.4. The fourth-order valence-electron chi connectivity index (χ4n) is 1.67. The molecular weight excluding hydrogens is 200 g/mol. The quantitative estimate of drug-likeness (QED) is 0.739. The summed E-state index contributed by atoms with van der Waals surface area (Å²) in [5.74, 6) is 0.667. The third kappa shape index (κ3) is 3.34. The lowest BCUT2D eigenvalue weighted by molar-refractivity contribution is 0.522. The summed E-state index contributed by atoms with van der Waals surface area (Å²) in [5, 5.41) is 16.9. The Morgan fingerprint density at radius 1 is 1.44 bits per heavy atom. The predicted octanol–water partition coefficient (Wildman–Crippen LogP) is 2.34. The van der Waals surface area contributed by atoms with Crippen LogP contribution in [0.5, 0.6) is 0 Å². The number of rotatable bonds is 6. The summed E-state index contributed by atoms with van der Waals surface area (Å²) in [4.78, 5) is 0. The van der Waals surface area contributed by atoms with Crippen LogP contribution in [0.1, 0.15) is 45.0 Å². The summed E-state index contributed by atoms with van der Waals surface area (Å²) in [7, 11) is 0. The summed E-state index contributed by atoms with van der Waals surface area (Å²) in [6, 6.07) is 2.15. The lowest BCUT2D eigenvalue weighted by Gasteiger charge is -2.07. The monoisotopic (exact) mass is 220 g/mol. The second kappa shape index (κ2) is 6.26. The third-order valence-corrected chi connectivity index (χ3v) is 2.56. The van der Waals surface area contributed by atoms with E-state index >= 15 is 0 Å². The Bertz CT molecular complexity index is 360. The van der Waals surface area contributed by atoms with Gasteiger partial charge >= 0.3 is 0 Å². The van der Waals surface area contributed by atoms with E-state index in [4.69, 9.17) is 5.26 Å². The highest BCUT2D eigenvalue weighted by atomic mass is 15.4. The Morgan fingerprint density at radius 3 is 2.75 bits per heavy atom. The van der Waals surface area contributed by atoms with Crippen molar-refractivity contribution in [2.75, 3.05) is 0 Å². The summed E-state index contributed by atoms with van der Waals surface area (Å²) in [6.07, 6.45) is 3.51. The molecule has 0 atom stereocenters. The molecule has 88 valence electrons. The van der Waals surface area contributed by atoms with Crippen molar-refractivity contribution < 1.29 is 0 Å². The maximum atomic E-state index is 8.73. The molecule has 1 aromatic heterocycles. The van der Waals surface area contributed by atoms with Gasteiger partial charge in [0.25, 0.3) is 0 Å². The van der Waals surface area contributed by atoms with Gasteiger partial charge in [0.2, 0.25) is 0 Å². The van der Waals surface area contributed by atoms with Gasteiger partial charge in [0.05, 0.1) is 23.9 Å². The maximum Gasteiger partial charge on any atom is 0.0999 e. The van der Waals surface area contributed by atoms with Crippen molar-refractivity contribution in [3.8, 4) is 6.07 Å². The second-order valence-corrected chi connectivity index (χ2v) is 4.47.